The first-order valence-corrected chi connectivity index (χ1v) is 8.24. The van der Waals surface area contributed by atoms with E-state index in [0.29, 0.717) is 22.7 Å². The van der Waals surface area contributed by atoms with Crippen LogP contribution in [0.3, 0.4) is 0 Å². The van der Waals surface area contributed by atoms with Crippen molar-refractivity contribution in [3.63, 3.8) is 0 Å². The summed E-state index contributed by atoms with van der Waals surface area (Å²) in [6.07, 6.45) is 4.98. The fourth-order valence-corrected chi connectivity index (χ4v) is 3.40. The lowest BCUT2D eigenvalue weighted by molar-refractivity contribution is 0.252. The van der Waals surface area contributed by atoms with Crippen molar-refractivity contribution in [2.24, 2.45) is 11.8 Å². The van der Waals surface area contributed by atoms with Crippen LogP contribution in [0, 0.1) is 11.8 Å². The van der Waals surface area contributed by atoms with Gasteiger partial charge in [0.05, 0.1) is 0 Å². The molecule has 0 bridgehead atoms. The number of alkyl halides is 2. The zero-order valence-corrected chi connectivity index (χ0v) is 12.9. The summed E-state index contributed by atoms with van der Waals surface area (Å²) < 4.78 is 24.5. The number of hydrogen-bond donors (Lipinski definition) is 1. The maximum absolute atomic E-state index is 12.2. The van der Waals surface area contributed by atoms with Gasteiger partial charge >= 0.3 is 0 Å². The summed E-state index contributed by atoms with van der Waals surface area (Å²) in [4.78, 5) is 0.620. The number of thioether (sulfide) groups is 1. The van der Waals surface area contributed by atoms with Crippen molar-refractivity contribution in [1.29, 1.82) is 0 Å². The number of nitrogens with one attached hydrogen (secondary N) is 1. The Hall–Kier alpha value is -0.770. The fraction of sp³-hybridized carbons (Fsp3) is 0.625. The zero-order valence-electron chi connectivity index (χ0n) is 12.1. The van der Waals surface area contributed by atoms with E-state index in [1.54, 1.807) is 12.1 Å². The normalized spacial score (nSPS) is 23.3. The molecule has 0 amide bonds. The zero-order chi connectivity index (χ0) is 14.5. The van der Waals surface area contributed by atoms with Gasteiger partial charge < -0.3 is 5.32 Å². The second-order valence-electron chi connectivity index (χ2n) is 5.90. The van der Waals surface area contributed by atoms with Crippen molar-refractivity contribution >= 4 is 17.4 Å². The van der Waals surface area contributed by atoms with E-state index >= 15 is 0 Å². The van der Waals surface area contributed by atoms with Crippen molar-refractivity contribution in [2.75, 3.05) is 5.32 Å². The second-order valence-corrected chi connectivity index (χ2v) is 6.97. The van der Waals surface area contributed by atoms with Gasteiger partial charge in [0.25, 0.3) is 5.76 Å². The molecule has 0 radical (unpaired) electrons. The molecule has 0 aromatic heterocycles. The Kier molecular flexibility index (Phi) is 5.70. The van der Waals surface area contributed by atoms with Crippen LogP contribution in [-0.4, -0.2) is 11.8 Å². The predicted octanol–water partition coefficient (Wildman–Crippen LogP) is 5.63. The first-order chi connectivity index (χ1) is 9.54. The topological polar surface area (TPSA) is 12.0 Å². The van der Waals surface area contributed by atoms with Gasteiger partial charge in [0.15, 0.2) is 0 Å². The Bertz CT molecular complexity index is 397. The molecule has 0 heterocycles. The standard InChI is InChI=1S/C16H23F2NS/c1-11(2)12-3-5-13(6-4-12)19-14-7-9-15(10-8-14)20-16(17)18/h7-13,16,19H,3-6H2,1-2H3. The van der Waals surface area contributed by atoms with Crippen molar-refractivity contribution in [1.82, 2.24) is 0 Å². The summed E-state index contributed by atoms with van der Waals surface area (Å²) >= 11 is 0.596. The third-order valence-corrected chi connectivity index (χ3v) is 4.89. The molecule has 0 aliphatic heterocycles. The second kappa shape index (κ2) is 7.30. The maximum Gasteiger partial charge on any atom is 0.288 e. The Morgan fingerprint density at radius 2 is 1.65 bits per heavy atom. The average molecular weight is 299 g/mol. The van der Waals surface area contributed by atoms with Crippen LogP contribution in [0.25, 0.3) is 0 Å². The molecular weight excluding hydrogens is 276 g/mol. The fourth-order valence-electron chi connectivity index (χ4n) is 2.90. The highest BCUT2D eigenvalue weighted by molar-refractivity contribution is 7.99. The largest absolute Gasteiger partial charge is 0.382 e. The number of anilines is 1. The number of benzene rings is 1. The van der Waals surface area contributed by atoms with E-state index in [4.69, 9.17) is 0 Å². The summed E-state index contributed by atoms with van der Waals surface area (Å²) in [5.74, 6) is -0.709. The van der Waals surface area contributed by atoms with Crippen LogP contribution in [0.4, 0.5) is 14.5 Å². The molecule has 0 unspecified atom stereocenters. The van der Waals surface area contributed by atoms with Crippen LogP contribution in [0.1, 0.15) is 39.5 Å². The molecule has 20 heavy (non-hydrogen) atoms. The Labute approximate surface area is 124 Å². The third-order valence-electron chi connectivity index (χ3n) is 4.16. The van der Waals surface area contributed by atoms with Crippen LogP contribution < -0.4 is 5.32 Å². The van der Waals surface area contributed by atoms with Crippen LogP contribution in [0.5, 0.6) is 0 Å². The Morgan fingerprint density at radius 1 is 1.05 bits per heavy atom. The van der Waals surface area contributed by atoms with E-state index < -0.39 is 5.76 Å². The summed E-state index contributed by atoms with van der Waals surface area (Å²) in [6, 6.07) is 7.86. The molecule has 1 nitrogen and oxygen atoms in total. The lowest BCUT2D eigenvalue weighted by Crippen LogP contribution is -2.27. The van der Waals surface area contributed by atoms with Gasteiger partial charge in [0.2, 0.25) is 0 Å². The van der Waals surface area contributed by atoms with Gasteiger partial charge in [-0.15, -0.1) is 0 Å². The van der Waals surface area contributed by atoms with Gasteiger partial charge in [-0.05, 0) is 61.8 Å². The van der Waals surface area contributed by atoms with Gasteiger partial charge in [-0.2, -0.15) is 8.78 Å². The van der Waals surface area contributed by atoms with Gasteiger partial charge in [0, 0.05) is 16.6 Å². The highest BCUT2D eigenvalue weighted by Crippen LogP contribution is 2.32. The maximum atomic E-state index is 12.2. The van der Waals surface area contributed by atoms with Gasteiger partial charge in [0.1, 0.15) is 0 Å². The average Bonchev–Trinajstić information content (AvgIpc) is 2.41. The molecule has 1 N–H and O–H groups in total. The molecule has 0 saturated heterocycles. The molecule has 4 heteroatoms. The highest BCUT2D eigenvalue weighted by Gasteiger charge is 2.22. The summed E-state index contributed by atoms with van der Waals surface area (Å²) in [6.45, 7) is 4.61. The summed E-state index contributed by atoms with van der Waals surface area (Å²) in [5, 5.41) is 3.52. The first kappa shape index (κ1) is 15.6. The van der Waals surface area contributed by atoms with Crippen LogP contribution >= 0.6 is 11.8 Å². The quantitative estimate of drug-likeness (QED) is 0.707. The molecule has 112 valence electrons. The lowest BCUT2D eigenvalue weighted by atomic mass is 9.79. The molecule has 1 aliphatic carbocycles. The number of rotatable bonds is 5. The van der Waals surface area contributed by atoms with Crippen LogP contribution in [0.2, 0.25) is 0 Å². The smallest absolute Gasteiger partial charge is 0.288 e. The molecule has 2 rings (SSSR count). The Morgan fingerprint density at radius 3 is 2.15 bits per heavy atom. The molecule has 0 atom stereocenters. The van der Waals surface area contributed by atoms with Crippen molar-refractivity contribution in [3.05, 3.63) is 24.3 Å². The minimum Gasteiger partial charge on any atom is -0.382 e. The number of hydrogen-bond acceptors (Lipinski definition) is 2. The molecule has 1 aliphatic rings. The highest BCUT2D eigenvalue weighted by atomic mass is 32.2. The SMILES string of the molecule is CC(C)C1CCC(Nc2ccc(SC(F)F)cc2)CC1. The van der Waals surface area contributed by atoms with Crippen molar-refractivity contribution in [3.8, 4) is 0 Å². The van der Waals surface area contributed by atoms with Gasteiger partial charge in [-0.1, -0.05) is 25.6 Å². The minimum absolute atomic E-state index is 0.526. The van der Waals surface area contributed by atoms with Gasteiger partial charge in [-0.25, -0.2) is 0 Å². The molecular formula is C16H23F2NS. The van der Waals surface area contributed by atoms with E-state index in [1.807, 2.05) is 12.1 Å². The molecule has 1 saturated carbocycles. The van der Waals surface area contributed by atoms with Crippen molar-refractivity contribution in [2.45, 2.75) is 56.2 Å². The monoisotopic (exact) mass is 299 g/mol. The number of halogens is 2. The van der Waals surface area contributed by atoms with Crippen LogP contribution in [0.15, 0.2) is 29.2 Å². The van der Waals surface area contributed by atoms with E-state index in [0.717, 1.165) is 17.5 Å². The molecule has 1 aromatic rings. The predicted molar refractivity (Wildman–Crippen MR) is 82.5 cm³/mol. The first-order valence-electron chi connectivity index (χ1n) is 7.36. The van der Waals surface area contributed by atoms with E-state index in [9.17, 15) is 8.78 Å². The van der Waals surface area contributed by atoms with E-state index in [2.05, 4.69) is 19.2 Å². The summed E-state index contributed by atoms with van der Waals surface area (Å²) in [7, 11) is 0. The van der Waals surface area contributed by atoms with E-state index in [-0.39, 0.29) is 0 Å². The molecule has 1 fully saturated rings. The summed E-state index contributed by atoms with van der Waals surface area (Å²) in [5.41, 5.74) is 1.04. The third kappa shape index (κ3) is 4.65. The molecule has 0 spiro atoms. The lowest BCUT2D eigenvalue weighted by Gasteiger charge is -2.31. The van der Waals surface area contributed by atoms with Crippen LogP contribution in [-0.2, 0) is 0 Å². The van der Waals surface area contributed by atoms with E-state index in [1.165, 1.54) is 25.7 Å². The molecule has 1 aromatic carbocycles. The van der Waals surface area contributed by atoms with Crippen molar-refractivity contribution < 1.29 is 8.78 Å². The minimum atomic E-state index is -2.35. The van der Waals surface area contributed by atoms with Gasteiger partial charge in [-0.3, -0.25) is 0 Å². The Balaban J connectivity index is 1.82.